The lowest BCUT2D eigenvalue weighted by Crippen LogP contribution is -2.35. The van der Waals surface area contributed by atoms with E-state index in [1.807, 2.05) is 0 Å². The van der Waals surface area contributed by atoms with Crippen LogP contribution in [-0.4, -0.2) is 54.9 Å². The summed E-state index contributed by atoms with van der Waals surface area (Å²) in [6, 6.07) is 0.137. The van der Waals surface area contributed by atoms with Crippen LogP contribution in [0.3, 0.4) is 0 Å². The molecule has 1 rings (SSSR count). The maximum atomic E-state index is 11.4. The number of carbonyl (C=O) groups excluding carboxylic acids is 1. The van der Waals surface area contributed by atoms with Gasteiger partial charge >= 0.3 is 5.97 Å². The highest BCUT2D eigenvalue weighted by Crippen LogP contribution is 2.25. The first-order valence-electron chi connectivity index (χ1n) is 4.50. The Bertz CT molecular complexity index is 370. The van der Waals surface area contributed by atoms with Crippen molar-refractivity contribution in [1.29, 1.82) is 0 Å². The molecule has 1 fully saturated rings. The Morgan fingerprint density at radius 1 is 1.33 bits per heavy atom. The number of hydrogen-bond acceptors (Lipinski definition) is 4. The van der Waals surface area contributed by atoms with E-state index in [2.05, 4.69) is 0 Å². The van der Waals surface area contributed by atoms with Gasteiger partial charge in [0.1, 0.15) is 11.5 Å². The number of carboxylic acid groups (broad SMARTS) is 1. The van der Waals surface area contributed by atoms with E-state index in [-0.39, 0.29) is 6.04 Å². The number of carbonyl (C=O) groups is 2. The van der Waals surface area contributed by atoms with Crippen LogP contribution in [0.5, 0.6) is 0 Å². The van der Waals surface area contributed by atoms with Crippen molar-refractivity contribution in [2.45, 2.75) is 18.9 Å². The van der Waals surface area contributed by atoms with Crippen molar-refractivity contribution in [3.8, 4) is 0 Å². The van der Waals surface area contributed by atoms with E-state index >= 15 is 0 Å². The lowest BCUT2D eigenvalue weighted by molar-refractivity contribution is -0.134. The molecule has 6 nitrogen and oxygen atoms in total. The minimum absolute atomic E-state index is 0.137. The van der Waals surface area contributed by atoms with E-state index in [0.717, 1.165) is 12.8 Å². The molecule has 1 N–H and O–H groups in total. The molecule has 0 saturated heterocycles. The Balaban J connectivity index is 2.52. The Labute approximate surface area is 87.8 Å². The maximum absolute atomic E-state index is 11.4. The molecule has 0 radical (unpaired) electrons. The highest BCUT2D eigenvalue weighted by Gasteiger charge is 2.32. The van der Waals surface area contributed by atoms with Crippen LogP contribution in [0.25, 0.3) is 0 Å². The third-order valence-electron chi connectivity index (χ3n) is 2.17. The average molecular weight is 235 g/mol. The van der Waals surface area contributed by atoms with Crippen molar-refractivity contribution in [3.05, 3.63) is 0 Å². The molecule has 0 aromatic carbocycles. The number of hydrogen-bond donors (Lipinski definition) is 1. The maximum Gasteiger partial charge on any atom is 0.318 e. The fourth-order valence-electron chi connectivity index (χ4n) is 1.19. The monoisotopic (exact) mass is 235 g/mol. The zero-order valence-corrected chi connectivity index (χ0v) is 9.16. The van der Waals surface area contributed by atoms with E-state index < -0.39 is 33.2 Å². The Hall–Kier alpha value is -1.11. The van der Waals surface area contributed by atoms with Gasteiger partial charge in [0.05, 0.1) is 0 Å². The van der Waals surface area contributed by atoms with Gasteiger partial charge in [-0.05, 0) is 12.8 Å². The molecule has 0 heterocycles. The summed E-state index contributed by atoms with van der Waals surface area (Å²) < 4.78 is 22.3. The van der Waals surface area contributed by atoms with Gasteiger partial charge in [-0.15, -0.1) is 0 Å². The van der Waals surface area contributed by atoms with Gasteiger partial charge in [-0.2, -0.15) is 0 Å². The van der Waals surface area contributed by atoms with Crippen LogP contribution in [0.1, 0.15) is 12.8 Å². The van der Waals surface area contributed by atoms with Crippen LogP contribution in [0.4, 0.5) is 0 Å². The largest absolute Gasteiger partial charge is 0.480 e. The molecule has 0 aromatic rings. The molecule has 0 spiro atoms. The SMILES string of the molecule is CN(C(=O)CS(=O)(=O)CC(=O)O)C1CC1. The van der Waals surface area contributed by atoms with Crippen LogP contribution >= 0.6 is 0 Å². The van der Waals surface area contributed by atoms with Gasteiger partial charge in [-0.3, -0.25) is 9.59 Å². The summed E-state index contributed by atoms with van der Waals surface area (Å²) in [5.74, 6) is -3.67. The number of sulfone groups is 1. The van der Waals surface area contributed by atoms with E-state index in [1.165, 1.54) is 11.9 Å². The topological polar surface area (TPSA) is 91.8 Å². The van der Waals surface area contributed by atoms with Crippen LogP contribution in [-0.2, 0) is 19.4 Å². The van der Waals surface area contributed by atoms with Crippen LogP contribution in [0, 0.1) is 0 Å². The number of rotatable bonds is 5. The fourth-order valence-corrected chi connectivity index (χ4v) is 2.25. The molecule has 15 heavy (non-hydrogen) atoms. The second kappa shape index (κ2) is 4.18. The van der Waals surface area contributed by atoms with Gasteiger partial charge < -0.3 is 10.0 Å². The third kappa shape index (κ3) is 3.86. The van der Waals surface area contributed by atoms with Crippen molar-refractivity contribution in [2.24, 2.45) is 0 Å². The van der Waals surface area contributed by atoms with Crippen LogP contribution < -0.4 is 0 Å². The molecule has 1 saturated carbocycles. The van der Waals surface area contributed by atoms with Crippen LogP contribution in [0.15, 0.2) is 0 Å². The predicted octanol–water partition coefficient (Wildman–Crippen LogP) is -0.893. The van der Waals surface area contributed by atoms with Gasteiger partial charge in [0.25, 0.3) is 0 Å². The molecule has 86 valence electrons. The molecule has 0 atom stereocenters. The second-order valence-electron chi connectivity index (χ2n) is 3.66. The summed E-state index contributed by atoms with van der Waals surface area (Å²) in [5.41, 5.74) is 0. The summed E-state index contributed by atoms with van der Waals surface area (Å²) in [5, 5.41) is 8.32. The summed E-state index contributed by atoms with van der Waals surface area (Å²) in [6.45, 7) is 0. The highest BCUT2D eigenvalue weighted by molar-refractivity contribution is 7.92. The Kier molecular flexibility index (Phi) is 3.33. The van der Waals surface area contributed by atoms with Crippen LogP contribution in [0.2, 0.25) is 0 Å². The van der Waals surface area contributed by atoms with Crippen molar-refractivity contribution in [3.63, 3.8) is 0 Å². The summed E-state index contributed by atoms with van der Waals surface area (Å²) >= 11 is 0. The lowest BCUT2D eigenvalue weighted by atomic mass is 10.5. The van der Waals surface area contributed by atoms with E-state index in [0.29, 0.717) is 0 Å². The molecule has 0 bridgehead atoms. The molecule has 1 aliphatic carbocycles. The molecule has 1 aliphatic rings. The van der Waals surface area contributed by atoms with Gasteiger partial charge in [-0.25, -0.2) is 8.42 Å². The number of aliphatic carboxylic acids is 1. The van der Waals surface area contributed by atoms with Crippen molar-refractivity contribution in [2.75, 3.05) is 18.6 Å². The molecule has 0 unspecified atom stereocenters. The first-order chi connectivity index (χ1) is 6.82. The standard InChI is InChI=1S/C8H13NO5S/c1-9(6-2-3-6)7(10)4-15(13,14)5-8(11)12/h6H,2-5H2,1H3,(H,11,12). The predicted molar refractivity (Wildman–Crippen MR) is 52.1 cm³/mol. The minimum Gasteiger partial charge on any atom is -0.480 e. The second-order valence-corrected chi connectivity index (χ2v) is 5.73. The molecule has 0 aromatic heterocycles. The van der Waals surface area contributed by atoms with Gasteiger partial charge in [-0.1, -0.05) is 0 Å². The van der Waals surface area contributed by atoms with Gasteiger partial charge in [0, 0.05) is 13.1 Å². The minimum atomic E-state index is -3.82. The van der Waals surface area contributed by atoms with Crippen molar-refractivity contribution >= 4 is 21.7 Å². The van der Waals surface area contributed by atoms with Crippen molar-refractivity contribution < 1.29 is 23.1 Å². The zero-order chi connectivity index (χ0) is 11.6. The number of nitrogens with zero attached hydrogens (tertiary/aromatic N) is 1. The Morgan fingerprint density at radius 2 is 1.87 bits per heavy atom. The summed E-state index contributed by atoms with van der Waals surface area (Å²) in [6.07, 6.45) is 1.78. The summed E-state index contributed by atoms with van der Waals surface area (Å²) in [7, 11) is -2.28. The molecule has 0 aliphatic heterocycles. The zero-order valence-electron chi connectivity index (χ0n) is 8.34. The molecule has 1 amide bonds. The third-order valence-corrected chi connectivity index (χ3v) is 3.55. The fraction of sp³-hybridized carbons (Fsp3) is 0.750. The average Bonchev–Trinajstić information content (AvgIpc) is 2.80. The molecular weight excluding hydrogens is 222 g/mol. The number of amides is 1. The van der Waals surface area contributed by atoms with Gasteiger partial charge in [0.15, 0.2) is 9.84 Å². The first kappa shape index (κ1) is 12.0. The summed E-state index contributed by atoms with van der Waals surface area (Å²) in [4.78, 5) is 23.0. The molecule has 7 heteroatoms. The van der Waals surface area contributed by atoms with Gasteiger partial charge in [0.2, 0.25) is 5.91 Å². The quantitative estimate of drug-likeness (QED) is 0.667. The Morgan fingerprint density at radius 3 is 2.27 bits per heavy atom. The lowest BCUT2D eigenvalue weighted by Gasteiger charge is -2.15. The first-order valence-corrected chi connectivity index (χ1v) is 6.32. The van der Waals surface area contributed by atoms with Crippen molar-refractivity contribution in [1.82, 2.24) is 4.90 Å². The number of carboxylic acids is 1. The van der Waals surface area contributed by atoms with E-state index in [9.17, 15) is 18.0 Å². The van der Waals surface area contributed by atoms with E-state index in [1.54, 1.807) is 0 Å². The molecular formula is C8H13NO5S. The van der Waals surface area contributed by atoms with E-state index in [4.69, 9.17) is 5.11 Å². The normalized spacial score (nSPS) is 16.1. The smallest absolute Gasteiger partial charge is 0.318 e. The highest BCUT2D eigenvalue weighted by atomic mass is 32.2.